The monoisotopic (exact) mass is 366 g/mol. The van der Waals surface area contributed by atoms with Gasteiger partial charge in [-0.25, -0.2) is 4.79 Å². The number of rotatable bonds is 7. The number of hydrogen-bond acceptors (Lipinski definition) is 4. The average Bonchev–Trinajstić information content (AvgIpc) is 2.79. The third kappa shape index (κ3) is 6.07. The molecule has 0 radical (unpaired) electrons. The summed E-state index contributed by atoms with van der Waals surface area (Å²) in [5.74, 6) is 0.774. The SMILES string of the molecule is C=C1C=C(OC)[C@@H](CCC)N1C(=O)[C@@H](CC(C)C)NC(=O)OC(C)(C)C. The molecule has 0 aliphatic carbocycles. The Hall–Kier alpha value is -1.98. The lowest BCUT2D eigenvalue weighted by Crippen LogP contribution is -2.51. The number of nitrogens with one attached hydrogen (secondary N) is 1. The van der Waals surface area contributed by atoms with Gasteiger partial charge in [-0.05, 0) is 39.5 Å². The number of amides is 2. The van der Waals surface area contributed by atoms with Crippen LogP contribution in [0.25, 0.3) is 0 Å². The Bertz CT molecular complexity index is 561. The fraction of sp³-hybridized carbons (Fsp3) is 0.700. The zero-order chi connectivity index (χ0) is 20.1. The predicted octanol–water partition coefficient (Wildman–Crippen LogP) is 3.98. The van der Waals surface area contributed by atoms with Gasteiger partial charge < -0.3 is 19.7 Å². The van der Waals surface area contributed by atoms with E-state index in [0.29, 0.717) is 12.1 Å². The zero-order valence-electron chi connectivity index (χ0n) is 17.2. The van der Waals surface area contributed by atoms with E-state index in [0.717, 1.165) is 18.6 Å². The van der Waals surface area contributed by atoms with Gasteiger partial charge in [0.1, 0.15) is 17.4 Å². The van der Waals surface area contributed by atoms with Crippen LogP contribution in [-0.4, -0.2) is 41.7 Å². The molecule has 1 aliphatic rings. The number of hydrogen-bond donors (Lipinski definition) is 1. The largest absolute Gasteiger partial charge is 0.499 e. The van der Waals surface area contributed by atoms with Gasteiger partial charge in [-0.2, -0.15) is 0 Å². The van der Waals surface area contributed by atoms with E-state index < -0.39 is 17.7 Å². The second-order valence-corrected chi connectivity index (χ2v) is 8.08. The Kier molecular flexibility index (Phi) is 7.72. The molecule has 6 heteroatoms. The van der Waals surface area contributed by atoms with Crippen molar-refractivity contribution in [2.24, 2.45) is 5.92 Å². The van der Waals surface area contributed by atoms with Crippen LogP contribution >= 0.6 is 0 Å². The standard InChI is InChI=1S/C20H34N2O4/c1-9-10-16-17(25-8)12-14(4)22(16)18(23)15(11-13(2)3)21-19(24)26-20(5,6)7/h12-13,15-16H,4,9-11H2,1-3,5-8H3,(H,21,24)/t15-,16-/m1/s1. The van der Waals surface area contributed by atoms with Crippen molar-refractivity contribution in [3.8, 4) is 0 Å². The summed E-state index contributed by atoms with van der Waals surface area (Å²) in [4.78, 5) is 27.1. The molecular formula is C20H34N2O4. The van der Waals surface area contributed by atoms with Crippen molar-refractivity contribution in [1.82, 2.24) is 10.2 Å². The minimum atomic E-state index is -0.675. The summed E-state index contributed by atoms with van der Waals surface area (Å²) >= 11 is 0. The number of carbonyl (C=O) groups is 2. The van der Waals surface area contributed by atoms with Crippen molar-refractivity contribution >= 4 is 12.0 Å². The number of carbonyl (C=O) groups excluding carboxylic acids is 2. The molecule has 1 rings (SSSR count). The van der Waals surface area contributed by atoms with Gasteiger partial charge in [-0.15, -0.1) is 0 Å². The maximum absolute atomic E-state index is 13.2. The van der Waals surface area contributed by atoms with Gasteiger partial charge in [0.25, 0.3) is 0 Å². The molecule has 0 fully saturated rings. The Morgan fingerprint density at radius 1 is 1.35 bits per heavy atom. The molecule has 0 aromatic heterocycles. The molecule has 0 aromatic rings. The molecule has 148 valence electrons. The molecular weight excluding hydrogens is 332 g/mol. The molecule has 26 heavy (non-hydrogen) atoms. The van der Waals surface area contributed by atoms with Gasteiger partial charge in [0, 0.05) is 11.8 Å². The molecule has 1 heterocycles. The average molecular weight is 367 g/mol. The van der Waals surface area contributed by atoms with Crippen molar-refractivity contribution < 1.29 is 19.1 Å². The third-order valence-electron chi connectivity index (χ3n) is 3.99. The van der Waals surface area contributed by atoms with Crippen LogP contribution in [0.1, 0.15) is 60.8 Å². The van der Waals surface area contributed by atoms with Crippen LogP contribution in [0.4, 0.5) is 4.79 Å². The lowest BCUT2D eigenvalue weighted by atomic mass is 10.0. The topological polar surface area (TPSA) is 67.9 Å². The minimum absolute atomic E-state index is 0.180. The van der Waals surface area contributed by atoms with E-state index in [1.54, 1.807) is 38.9 Å². The van der Waals surface area contributed by atoms with Crippen LogP contribution in [-0.2, 0) is 14.3 Å². The molecule has 0 saturated carbocycles. The number of nitrogens with zero attached hydrogens (tertiary/aromatic N) is 1. The Balaban J connectivity index is 3.00. The molecule has 0 spiro atoms. The molecule has 0 aromatic carbocycles. The summed E-state index contributed by atoms with van der Waals surface area (Å²) in [5.41, 5.74) is -0.0347. The van der Waals surface area contributed by atoms with Crippen molar-refractivity contribution in [3.63, 3.8) is 0 Å². The van der Waals surface area contributed by atoms with E-state index >= 15 is 0 Å². The van der Waals surface area contributed by atoms with Crippen molar-refractivity contribution in [1.29, 1.82) is 0 Å². The number of allylic oxidation sites excluding steroid dienone is 1. The first kappa shape index (κ1) is 22.1. The van der Waals surface area contributed by atoms with E-state index in [4.69, 9.17) is 9.47 Å². The van der Waals surface area contributed by atoms with E-state index in [9.17, 15) is 9.59 Å². The van der Waals surface area contributed by atoms with E-state index in [1.165, 1.54) is 0 Å². The van der Waals surface area contributed by atoms with E-state index in [1.807, 2.05) is 13.8 Å². The fourth-order valence-corrected chi connectivity index (χ4v) is 3.00. The van der Waals surface area contributed by atoms with Crippen molar-refractivity contribution in [3.05, 3.63) is 24.1 Å². The highest BCUT2D eigenvalue weighted by molar-refractivity contribution is 5.88. The molecule has 1 N–H and O–H groups in total. The molecule has 2 amide bonds. The first-order valence-corrected chi connectivity index (χ1v) is 9.27. The first-order valence-electron chi connectivity index (χ1n) is 9.27. The summed E-state index contributed by atoms with van der Waals surface area (Å²) in [7, 11) is 1.60. The smallest absolute Gasteiger partial charge is 0.408 e. The number of ether oxygens (including phenoxy) is 2. The fourth-order valence-electron chi connectivity index (χ4n) is 3.00. The molecule has 2 atom stereocenters. The first-order chi connectivity index (χ1) is 12.0. The van der Waals surface area contributed by atoms with Gasteiger partial charge in [0.15, 0.2) is 0 Å². The summed E-state index contributed by atoms with van der Waals surface area (Å²) in [6, 6.07) is -0.856. The highest BCUT2D eigenvalue weighted by atomic mass is 16.6. The van der Waals surface area contributed by atoms with E-state index in [-0.39, 0.29) is 17.9 Å². The summed E-state index contributed by atoms with van der Waals surface area (Å²) in [5, 5.41) is 2.74. The third-order valence-corrected chi connectivity index (χ3v) is 3.99. The van der Waals surface area contributed by atoms with Crippen LogP contribution < -0.4 is 5.32 Å². The van der Waals surface area contributed by atoms with Gasteiger partial charge in [0.2, 0.25) is 5.91 Å². The van der Waals surface area contributed by atoms with Gasteiger partial charge >= 0.3 is 6.09 Å². The molecule has 0 saturated heterocycles. The number of methoxy groups -OCH3 is 1. The normalized spacial score (nSPS) is 18.6. The highest BCUT2D eigenvalue weighted by Crippen LogP contribution is 2.30. The predicted molar refractivity (Wildman–Crippen MR) is 102 cm³/mol. The lowest BCUT2D eigenvalue weighted by Gasteiger charge is -2.32. The second-order valence-electron chi connectivity index (χ2n) is 8.08. The summed E-state index contributed by atoms with van der Waals surface area (Å²) < 4.78 is 10.8. The van der Waals surface area contributed by atoms with Gasteiger partial charge in [-0.1, -0.05) is 33.8 Å². The summed E-state index contributed by atoms with van der Waals surface area (Å²) in [6.07, 6.45) is 3.39. The Morgan fingerprint density at radius 2 is 1.96 bits per heavy atom. The Labute approximate surface area is 157 Å². The van der Waals surface area contributed by atoms with Crippen molar-refractivity contribution in [2.45, 2.75) is 78.5 Å². The minimum Gasteiger partial charge on any atom is -0.499 e. The van der Waals surface area contributed by atoms with Gasteiger partial charge in [-0.3, -0.25) is 4.79 Å². The quantitative estimate of drug-likeness (QED) is 0.740. The van der Waals surface area contributed by atoms with Crippen LogP contribution in [0.5, 0.6) is 0 Å². The lowest BCUT2D eigenvalue weighted by molar-refractivity contribution is -0.133. The highest BCUT2D eigenvalue weighted by Gasteiger charge is 2.38. The molecule has 0 unspecified atom stereocenters. The zero-order valence-corrected chi connectivity index (χ0v) is 17.2. The summed E-state index contributed by atoms with van der Waals surface area (Å²) in [6.45, 7) is 15.4. The molecule has 0 bridgehead atoms. The maximum Gasteiger partial charge on any atom is 0.408 e. The van der Waals surface area contributed by atoms with E-state index in [2.05, 4.69) is 18.8 Å². The van der Waals surface area contributed by atoms with Gasteiger partial charge in [0.05, 0.1) is 13.2 Å². The van der Waals surface area contributed by atoms with Crippen molar-refractivity contribution in [2.75, 3.05) is 7.11 Å². The maximum atomic E-state index is 13.2. The molecule has 1 aliphatic heterocycles. The van der Waals surface area contributed by atoms with Crippen LogP contribution in [0.15, 0.2) is 24.1 Å². The number of alkyl carbamates (subject to hydrolysis) is 1. The molecule has 6 nitrogen and oxygen atoms in total. The van der Waals surface area contributed by atoms with Crippen LogP contribution in [0.2, 0.25) is 0 Å². The van der Waals surface area contributed by atoms with Crippen LogP contribution in [0.3, 0.4) is 0 Å². The Morgan fingerprint density at radius 3 is 2.42 bits per heavy atom. The van der Waals surface area contributed by atoms with Crippen LogP contribution in [0, 0.1) is 5.92 Å². The second kappa shape index (κ2) is 9.10.